The first kappa shape index (κ1) is 13.2. The zero-order valence-electron chi connectivity index (χ0n) is 10.1. The van der Waals surface area contributed by atoms with Gasteiger partial charge in [-0.2, -0.15) is 0 Å². The number of carbonyl (C=O) groups excluding carboxylic acids is 1. The number of amides is 1. The van der Waals surface area contributed by atoms with Gasteiger partial charge >= 0.3 is 5.97 Å². The van der Waals surface area contributed by atoms with Crippen LogP contribution in [0.2, 0.25) is 0 Å². The van der Waals surface area contributed by atoms with Crippen molar-refractivity contribution in [3.05, 3.63) is 46.5 Å². The Balaban J connectivity index is 2.04. The SMILES string of the molecule is CN(Cc1ccc(C(=O)O)cc1)C(=O)c1cnns1. The fraction of sp³-hybridized carbons (Fsp3) is 0.167. The van der Waals surface area contributed by atoms with Gasteiger partial charge in [0.15, 0.2) is 0 Å². The maximum absolute atomic E-state index is 11.9. The number of carboxylic acids is 1. The summed E-state index contributed by atoms with van der Waals surface area (Å²) < 4.78 is 3.64. The fourth-order valence-corrected chi connectivity index (χ4v) is 2.06. The Labute approximate surface area is 113 Å². The molecule has 1 amide bonds. The molecule has 2 aromatic rings. The predicted molar refractivity (Wildman–Crippen MR) is 69.1 cm³/mol. The summed E-state index contributed by atoms with van der Waals surface area (Å²) in [5.74, 6) is -1.12. The van der Waals surface area contributed by atoms with Crippen LogP contribution in [0.15, 0.2) is 30.5 Å². The van der Waals surface area contributed by atoms with Crippen LogP contribution >= 0.6 is 11.5 Å². The number of aromatic nitrogens is 2. The molecule has 1 heterocycles. The number of hydrogen-bond donors (Lipinski definition) is 1. The number of carboxylic acid groups (broad SMARTS) is 1. The average molecular weight is 277 g/mol. The van der Waals surface area contributed by atoms with E-state index in [0.29, 0.717) is 11.4 Å². The van der Waals surface area contributed by atoms with Gasteiger partial charge < -0.3 is 10.0 Å². The second kappa shape index (κ2) is 5.57. The van der Waals surface area contributed by atoms with Crippen LogP contribution in [0.3, 0.4) is 0 Å². The Morgan fingerprint density at radius 1 is 1.32 bits per heavy atom. The monoisotopic (exact) mass is 277 g/mol. The lowest BCUT2D eigenvalue weighted by Crippen LogP contribution is -2.25. The highest BCUT2D eigenvalue weighted by Crippen LogP contribution is 2.11. The van der Waals surface area contributed by atoms with E-state index in [1.165, 1.54) is 23.2 Å². The van der Waals surface area contributed by atoms with Gasteiger partial charge in [-0.1, -0.05) is 16.6 Å². The number of benzene rings is 1. The lowest BCUT2D eigenvalue weighted by atomic mass is 10.1. The van der Waals surface area contributed by atoms with Gasteiger partial charge in [0, 0.05) is 13.6 Å². The molecule has 98 valence electrons. The molecule has 2 rings (SSSR count). The lowest BCUT2D eigenvalue weighted by molar-refractivity contribution is 0.0695. The first-order valence-electron chi connectivity index (χ1n) is 5.43. The molecule has 0 radical (unpaired) electrons. The van der Waals surface area contributed by atoms with Gasteiger partial charge in [-0.05, 0) is 29.2 Å². The summed E-state index contributed by atoms with van der Waals surface area (Å²) in [5.41, 5.74) is 1.09. The third-order valence-electron chi connectivity index (χ3n) is 2.54. The quantitative estimate of drug-likeness (QED) is 0.915. The number of carbonyl (C=O) groups is 2. The second-order valence-corrected chi connectivity index (χ2v) is 4.73. The normalized spacial score (nSPS) is 10.2. The fourth-order valence-electron chi connectivity index (χ4n) is 1.55. The van der Waals surface area contributed by atoms with E-state index in [2.05, 4.69) is 9.59 Å². The van der Waals surface area contributed by atoms with Crippen molar-refractivity contribution in [2.45, 2.75) is 6.54 Å². The molecule has 6 nitrogen and oxygen atoms in total. The molecule has 0 unspecified atom stereocenters. The third-order valence-corrected chi connectivity index (χ3v) is 3.19. The Hall–Kier alpha value is -2.28. The van der Waals surface area contributed by atoms with Crippen molar-refractivity contribution in [1.82, 2.24) is 14.5 Å². The molecule has 7 heteroatoms. The van der Waals surface area contributed by atoms with E-state index in [0.717, 1.165) is 17.1 Å². The summed E-state index contributed by atoms with van der Waals surface area (Å²) in [5, 5.41) is 12.4. The highest BCUT2D eigenvalue weighted by molar-refractivity contribution is 7.07. The first-order valence-corrected chi connectivity index (χ1v) is 6.20. The molecule has 0 fully saturated rings. The highest BCUT2D eigenvalue weighted by Gasteiger charge is 2.14. The molecule has 19 heavy (non-hydrogen) atoms. The maximum atomic E-state index is 11.9. The maximum Gasteiger partial charge on any atom is 0.335 e. The molecule has 0 aliphatic heterocycles. The van der Waals surface area contributed by atoms with Crippen LogP contribution in [-0.2, 0) is 6.54 Å². The number of nitrogens with zero attached hydrogens (tertiary/aromatic N) is 3. The smallest absolute Gasteiger partial charge is 0.335 e. The molecule has 0 bridgehead atoms. The van der Waals surface area contributed by atoms with Crippen molar-refractivity contribution < 1.29 is 14.7 Å². The zero-order valence-corrected chi connectivity index (χ0v) is 10.9. The van der Waals surface area contributed by atoms with Crippen molar-refractivity contribution in [1.29, 1.82) is 0 Å². The van der Waals surface area contributed by atoms with E-state index in [4.69, 9.17) is 5.11 Å². The van der Waals surface area contributed by atoms with E-state index in [9.17, 15) is 9.59 Å². The Morgan fingerprint density at radius 2 is 2.00 bits per heavy atom. The minimum Gasteiger partial charge on any atom is -0.478 e. The number of rotatable bonds is 4. The molecular weight excluding hydrogens is 266 g/mol. The summed E-state index contributed by atoms with van der Waals surface area (Å²) in [6.45, 7) is 0.399. The topological polar surface area (TPSA) is 83.4 Å². The minimum atomic E-state index is -0.966. The van der Waals surface area contributed by atoms with Crippen LogP contribution in [0.25, 0.3) is 0 Å². The standard InChI is InChI=1S/C12H11N3O3S/c1-15(11(16)10-6-13-14-19-10)7-8-2-4-9(5-3-8)12(17)18/h2-6H,7H2,1H3,(H,17,18). The summed E-state index contributed by atoms with van der Waals surface area (Å²) >= 11 is 1.05. The average Bonchev–Trinajstić information content (AvgIpc) is 2.92. The van der Waals surface area contributed by atoms with Gasteiger partial charge in [-0.25, -0.2) is 4.79 Å². The van der Waals surface area contributed by atoms with Gasteiger partial charge in [-0.15, -0.1) is 5.10 Å². The largest absolute Gasteiger partial charge is 0.478 e. The molecule has 1 aromatic carbocycles. The predicted octanol–water partition coefficient (Wildman–Crippen LogP) is 1.51. The minimum absolute atomic E-state index is 0.155. The van der Waals surface area contributed by atoms with Gasteiger partial charge in [0.05, 0.1) is 11.8 Å². The van der Waals surface area contributed by atoms with E-state index in [-0.39, 0.29) is 11.5 Å². The molecule has 0 saturated carbocycles. The van der Waals surface area contributed by atoms with E-state index in [1.54, 1.807) is 19.2 Å². The van der Waals surface area contributed by atoms with E-state index in [1.807, 2.05) is 0 Å². The first-order chi connectivity index (χ1) is 9.08. The van der Waals surface area contributed by atoms with Gasteiger partial charge in [-0.3, -0.25) is 4.79 Å². The Morgan fingerprint density at radius 3 is 2.53 bits per heavy atom. The Bertz CT molecular complexity index is 581. The molecule has 1 N–H and O–H groups in total. The van der Waals surface area contributed by atoms with E-state index < -0.39 is 5.97 Å². The summed E-state index contributed by atoms with van der Waals surface area (Å²) in [6.07, 6.45) is 1.43. The van der Waals surface area contributed by atoms with Crippen molar-refractivity contribution in [3.8, 4) is 0 Å². The van der Waals surface area contributed by atoms with Crippen LogP contribution in [0.5, 0.6) is 0 Å². The van der Waals surface area contributed by atoms with Crippen molar-refractivity contribution in [2.75, 3.05) is 7.05 Å². The number of aromatic carboxylic acids is 1. The summed E-state index contributed by atoms with van der Waals surface area (Å²) in [4.78, 5) is 24.7. The van der Waals surface area contributed by atoms with Crippen molar-refractivity contribution >= 4 is 23.4 Å². The van der Waals surface area contributed by atoms with E-state index >= 15 is 0 Å². The molecule has 0 saturated heterocycles. The summed E-state index contributed by atoms with van der Waals surface area (Å²) in [6, 6.07) is 6.42. The van der Waals surface area contributed by atoms with Crippen LogP contribution in [0.4, 0.5) is 0 Å². The molecule has 1 aromatic heterocycles. The van der Waals surface area contributed by atoms with Crippen LogP contribution in [-0.4, -0.2) is 38.5 Å². The number of hydrogen-bond acceptors (Lipinski definition) is 5. The molecule has 0 aliphatic rings. The molecular formula is C12H11N3O3S. The van der Waals surface area contributed by atoms with Crippen LogP contribution in [0.1, 0.15) is 25.6 Å². The van der Waals surface area contributed by atoms with Gasteiger partial charge in [0.2, 0.25) is 0 Å². The second-order valence-electron chi connectivity index (χ2n) is 3.95. The van der Waals surface area contributed by atoms with Crippen molar-refractivity contribution in [3.63, 3.8) is 0 Å². The molecule has 0 atom stereocenters. The summed E-state index contributed by atoms with van der Waals surface area (Å²) in [7, 11) is 1.67. The lowest BCUT2D eigenvalue weighted by Gasteiger charge is -2.15. The zero-order chi connectivity index (χ0) is 13.8. The molecule has 0 spiro atoms. The van der Waals surface area contributed by atoms with Crippen molar-refractivity contribution in [2.24, 2.45) is 0 Å². The Kier molecular flexibility index (Phi) is 3.86. The van der Waals surface area contributed by atoms with Gasteiger partial charge in [0.25, 0.3) is 5.91 Å². The van der Waals surface area contributed by atoms with Gasteiger partial charge in [0.1, 0.15) is 4.88 Å². The van der Waals surface area contributed by atoms with Crippen LogP contribution < -0.4 is 0 Å². The highest BCUT2D eigenvalue weighted by atomic mass is 32.1. The third kappa shape index (κ3) is 3.14. The molecule has 0 aliphatic carbocycles. The van der Waals surface area contributed by atoms with Crippen LogP contribution in [0, 0.1) is 0 Å².